The molecule has 0 bridgehead atoms. The van der Waals surface area contributed by atoms with Crippen LogP contribution in [0.5, 0.6) is 0 Å². The molecule has 0 radical (unpaired) electrons. The smallest absolute Gasteiger partial charge is 0.228 e. The van der Waals surface area contributed by atoms with E-state index in [-0.39, 0.29) is 23.3 Å². The van der Waals surface area contributed by atoms with Crippen LogP contribution in [0.4, 0.5) is 5.82 Å². The molecular weight excluding hydrogens is 480 g/mol. The van der Waals surface area contributed by atoms with Crippen LogP contribution < -0.4 is 5.32 Å². The highest BCUT2D eigenvalue weighted by molar-refractivity contribution is 9.10. The number of amides is 1. The third-order valence-corrected chi connectivity index (χ3v) is 8.26. The van der Waals surface area contributed by atoms with E-state index in [2.05, 4.69) is 55.5 Å². The van der Waals surface area contributed by atoms with Crippen LogP contribution in [0.1, 0.15) is 18.4 Å². The van der Waals surface area contributed by atoms with Crippen LogP contribution in [-0.2, 0) is 21.2 Å². The highest BCUT2D eigenvalue weighted by Crippen LogP contribution is 2.36. The lowest BCUT2D eigenvalue weighted by Crippen LogP contribution is -2.39. The molecule has 3 aromatic rings. The Kier molecular flexibility index (Phi) is 5.35. The van der Waals surface area contributed by atoms with Gasteiger partial charge in [-0.2, -0.15) is 0 Å². The summed E-state index contributed by atoms with van der Waals surface area (Å²) < 4.78 is 25.8. The van der Waals surface area contributed by atoms with Crippen LogP contribution in [0, 0.1) is 5.92 Å². The molecular formula is C22H23BrN4O3S. The summed E-state index contributed by atoms with van der Waals surface area (Å²) in [7, 11) is -2.86. The zero-order valence-electron chi connectivity index (χ0n) is 16.9. The van der Waals surface area contributed by atoms with Crippen LogP contribution in [0.3, 0.4) is 0 Å². The summed E-state index contributed by atoms with van der Waals surface area (Å²) in [5.41, 5.74) is 4.13. The first-order valence-corrected chi connectivity index (χ1v) is 13.0. The molecule has 0 atom stereocenters. The number of fused-ring (bicyclic) bond motifs is 1. The maximum Gasteiger partial charge on any atom is 0.228 e. The minimum absolute atomic E-state index is 0.0283. The van der Waals surface area contributed by atoms with Crippen LogP contribution in [0.25, 0.3) is 16.6 Å². The Morgan fingerprint density at radius 1 is 1.13 bits per heavy atom. The van der Waals surface area contributed by atoms with Crippen LogP contribution in [0.15, 0.2) is 47.1 Å². The average molecular weight is 503 g/mol. The molecule has 1 aliphatic carbocycles. The number of hydrogen-bond acceptors (Lipinski definition) is 5. The fourth-order valence-corrected chi connectivity index (χ4v) is 5.75. The van der Waals surface area contributed by atoms with Gasteiger partial charge in [-0.25, -0.2) is 12.9 Å². The molecule has 2 fully saturated rings. The van der Waals surface area contributed by atoms with Crippen molar-refractivity contribution in [3.05, 3.63) is 52.6 Å². The van der Waals surface area contributed by atoms with Crippen molar-refractivity contribution in [2.45, 2.75) is 19.4 Å². The highest BCUT2D eigenvalue weighted by Gasteiger charge is 2.31. The Hall–Kier alpha value is -2.23. The van der Waals surface area contributed by atoms with E-state index in [0.717, 1.165) is 46.1 Å². The molecule has 9 heteroatoms. The van der Waals surface area contributed by atoms with Crippen molar-refractivity contribution in [2.75, 3.05) is 29.9 Å². The lowest BCUT2D eigenvalue weighted by molar-refractivity contribution is -0.117. The monoisotopic (exact) mass is 502 g/mol. The Morgan fingerprint density at radius 3 is 2.52 bits per heavy atom. The number of nitrogens with zero attached hydrogens (tertiary/aromatic N) is 3. The maximum atomic E-state index is 12.2. The van der Waals surface area contributed by atoms with E-state index < -0.39 is 9.84 Å². The van der Waals surface area contributed by atoms with E-state index in [1.54, 1.807) is 4.52 Å². The molecule has 7 nitrogen and oxygen atoms in total. The predicted octanol–water partition coefficient (Wildman–Crippen LogP) is 3.34. The van der Waals surface area contributed by atoms with E-state index in [9.17, 15) is 13.2 Å². The van der Waals surface area contributed by atoms with E-state index in [1.807, 2.05) is 18.3 Å². The molecule has 0 spiro atoms. The second-order valence-corrected chi connectivity index (χ2v) is 11.4. The standard InChI is InChI=1S/C22H23BrN4O3S/c23-19-20-18(2-1-9-27(20)25-21(19)24-22(28)17-7-8-17)16-5-3-15(4-6-16)14-26-10-12-31(29,30)13-11-26/h1-6,9,17H,7-8,10-14H2,(H,24,25,28). The Balaban J connectivity index is 1.37. The number of benzene rings is 1. The Labute approximate surface area is 189 Å². The second kappa shape index (κ2) is 8.03. The lowest BCUT2D eigenvalue weighted by Gasteiger charge is -2.26. The lowest BCUT2D eigenvalue weighted by atomic mass is 10.0. The third kappa shape index (κ3) is 4.40. The van der Waals surface area contributed by atoms with E-state index >= 15 is 0 Å². The number of anilines is 1. The molecule has 1 saturated heterocycles. The van der Waals surface area contributed by atoms with Gasteiger partial charge in [-0.3, -0.25) is 9.69 Å². The molecule has 2 aromatic heterocycles. The van der Waals surface area contributed by atoms with Crippen molar-refractivity contribution >= 4 is 43.0 Å². The first-order valence-electron chi connectivity index (χ1n) is 10.4. The highest BCUT2D eigenvalue weighted by atomic mass is 79.9. The van der Waals surface area contributed by atoms with Gasteiger partial charge in [0, 0.05) is 37.3 Å². The number of rotatable bonds is 5. The Bertz CT molecular complexity index is 1240. The molecule has 1 amide bonds. The molecule has 1 N–H and O–H groups in total. The maximum absolute atomic E-state index is 12.2. The molecule has 1 aliphatic heterocycles. The molecule has 2 aliphatic rings. The number of hydrogen-bond donors (Lipinski definition) is 1. The van der Waals surface area contributed by atoms with Crippen molar-refractivity contribution in [2.24, 2.45) is 5.92 Å². The summed E-state index contributed by atoms with van der Waals surface area (Å²) in [6.45, 7) is 1.91. The number of sulfone groups is 1. The van der Waals surface area contributed by atoms with E-state index in [4.69, 9.17) is 0 Å². The largest absolute Gasteiger partial charge is 0.308 e. The summed E-state index contributed by atoms with van der Waals surface area (Å²) in [5.74, 6) is 1.16. The zero-order valence-corrected chi connectivity index (χ0v) is 19.3. The summed E-state index contributed by atoms with van der Waals surface area (Å²) in [5, 5.41) is 7.47. The predicted molar refractivity (Wildman–Crippen MR) is 124 cm³/mol. The second-order valence-electron chi connectivity index (χ2n) is 8.27. The topological polar surface area (TPSA) is 83.8 Å². The van der Waals surface area contributed by atoms with Crippen LogP contribution >= 0.6 is 15.9 Å². The minimum atomic E-state index is -2.86. The van der Waals surface area contributed by atoms with Crippen molar-refractivity contribution in [3.63, 3.8) is 0 Å². The molecule has 5 rings (SSSR count). The number of pyridine rings is 1. The number of carbonyl (C=O) groups is 1. The number of halogens is 1. The first kappa shape index (κ1) is 20.7. The molecule has 3 heterocycles. The van der Waals surface area contributed by atoms with Gasteiger partial charge in [0.15, 0.2) is 15.7 Å². The van der Waals surface area contributed by atoms with Gasteiger partial charge in [0.1, 0.15) is 0 Å². The molecule has 162 valence electrons. The van der Waals surface area contributed by atoms with E-state index in [0.29, 0.717) is 18.9 Å². The van der Waals surface area contributed by atoms with Gasteiger partial charge in [-0.1, -0.05) is 30.3 Å². The summed E-state index contributed by atoms with van der Waals surface area (Å²) in [4.78, 5) is 14.4. The number of carbonyl (C=O) groups excluding carboxylic acids is 1. The average Bonchev–Trinajstić information content (AvgIpc) is 3.56. The van der Waals surface area contributed by atoms with Gasteiger partial charge in [0.25, 0.3) is 0 Å². The number of nitrogens with one attached hydrogen (secondary N) is 1. The molecule has 1 saturated carbocycles. The molecule has 0 unspecified atom stereocenters. The van der Waals surface area contributed by atoms with Gasteiger partial charge in [0.05, 0.1) is 21.5 Å². The fourth-order valence-electron chi connectivity index (χ4n) is 3.90. The van der Waals surface area contributed by atoms with Gasteiger partial charge in [0.2, 0.25) is 5.91 Å². The summed E-state index contributed by atoms with van der Waals surface area (Å²) in [6.07, 6.45) is 3.76. The van der Waals surface area contributed by atoms with Crippen molar-refractivity contribution in [1.29, 1.82) is 0 Å². The van der Waals surface area contributed by atoms with Crippen LogP contribution in [0.2, 0.25) is 0 Å². The SMILES string of the molecule is O=C(Nc1nn2cccc(-c3ccc(CN4CCS(=O)(=O)CC4)cc3)c2c1Br)C1CC1. The van der Waals surface area contributed by atoms with Gasteiger partial charge in [-0.15, -0.1) is 5.10 Å². The minimum Gasteiger partial charge on any atom is -0.308 e. The van der Waals surface area contributed by atoms with Crippen molar-refractivity contribution in [1.82, 2.24) is 14.5 Å². The van der Waals surface area contributed by atoms with Crippen LogP contribution in [-0.4, -0.2) is 53.4 Å². The third-order valence-electron chi connectivity index (χ3n) is 5.90. The van der Waals surface area contributed by atoms with Gasteiger partial charge < -0.3 is 5.32 Å². The molecule has 1 aromatic carbocycles. The molecule has 31 heavy (non-hydrogen) atoms. The quantitative estimate of drug-likeness (QED) is 0.578. The Morgan fingerprint density at radius 2 is 1.84 bits per heavy atom. The van der Waals surface area contributed by atoms with Crippen molar-refractivity contribution in [3.8, 4) is 11.1 Å². The normalized spacial score (nSPS) is 18.9. The van der Waals surface area contributed by atoms with Gasteiger partial charge in [-0.05, 0) is 46.0 Å². The zero-order chi connectivity index (χ0) is 21.6. The fraction of sp³-hybridized carbons (Fsp3) is 0.364. The number of aromatic nitrogens is 2. The van der Waals surface area contributed by atoms with E-state index in [1.165, 1.54) is 0 Å². The summed E-state index contributed by atoms with van der Waals surface area (Å²) >= 11 is 3.63. The van der Waals surface area contributed by atoms with Crippen molar-refractivity contribution < 1.29 is 13.2 Å². The summed E-state index contributed by atoms with van der Waals surface area (Å²) in [6, 6.07) is 12.3. The first-order chi connectivity index (χ1) is 14.9. The van der Waals surface area contributed by atoms with Gasteiger partial charge >= 0.3 is 0 Å².